The van der Waals surface area contributed by atoms with Crippen LogP contribution in [0, 0.1) is 5.92 Å². The summed E-state index contributed by atoms with van der Waals surface area (Å²) in [6, 6.07) is 8.33. The molecule has 0 radical (unpaired) electrons. The van der Waals surface area contributed by atoms with E-state index in [2.05, 4.69) is 30.5 Å². The third-order valence-electron chi connectivity index (χ3n) is 3.46. The second-order valence-corrected chi connectivity index (χ2v) is 5.19. The molecule has 98 valence electrons. The maximum atomic E-state index is 5.71. The van der Waals surface area contributed by atoms with Crippen molar-refractivity contribution in [3.63, 3.8) is 0 Å². The molecule has 0 aliphatic carbocycles. The van der Waals surface area contributed by atoms with Gasteiger partial charge in [-0.3, -0.25) is 4.90 Å². The van der Waals surface area contributed by atoms with Gasteiger partial charge in [-0.05, 0) is 31.4 Å². The minimum atomic E-state index is 0.577. The highest BCUT2D eigenvalue weighted by Crippen LogP contribution is 2.23. The van der Waals surface area contributed by atoms with E-state index in [1.54, 1.807) is 6.08 Å². The van der Waals surface area contributed by atoms with Crippen molar-refractivity contribution in [2.75, 3.05) is 19.7 Å². The molecule has 0 bridgehead atoms. The lowest BCUT2D eigenvalue weighted by Crippen LogP contribution is -2.33. The van der Waals surface area contributed by atoms with Crippen LogP contribution in [-0.4, -0.2) is 24.6 Å². The Balaban J connectivity index is 2.01. The number of likely N-dealkylation sites (tertiary alicyclic amines) is 1. The predicted molar refractivity (Wildman–Crippen MR) is 75.8 cm³/mol. The van der Waals surface area contributed by atoms with E-state index in [0.717, 1.165) is 18.2 Å². The third kappa shape index (κ3) is 3.61. The van der Waals surface area contributed by atoms with Crippen molar-refractivity contribution in [2.45, 2.75) is 26.3 Å². The molecule has 1 aromatic carbocycles. The van der Waals surface area contributed by atoms with E-state index in [4.69, 9.17) is 4.74 Å². The Morgan fingerprint density at radius 2 is 2.28 bits per heavy atom. The maximum absolute atomic E-state index is 5.71. The molecular weight excluding hydrogens is 222 g/mol. The monoisotopic (exact) mass is 245 g/mol. The van der Waals surface area contributed by atoms with Crippen LogP contribution in [0.4, 0.5) is 0 Å². The van der Waals surface area contributed by atoms with Gasteiger partial charge in [0.2, 0.25) is 0 Å². The molecule has 1 aliphatic rings. The van der Waals surface area contributed by atoms with Crippen LogP contribution in [0.1, 0.15) is 25.3 Å². The normalized spacial score (nSPS) is 20.6. The Morgan fingerprint density at radius 3 is 3.06 bits per heavy atom. The molecule has 0 spiro atoms. The number of ether oxygens (including phenoxy) is 1. The van der Waals surface area contributed by atoms with E-state index < -0.39 is 0 Å². The van der Waals surface area contributed by atoms with Crippen molar-refractivity contribution >= 4 is 0 Å². The van der Waals surface area contributed by atoms with Gasteiger partial charge in [0.05, 0.1) is 0 Å². The lowest BCUT2D eigenvalue weighted by atomic mass is 10.00. The maximum Gasteiger partial charge on any atom is 0.124 e. The summed E-state index contributed by atoms with van der Waals surface area (Å²) in [6.45, 7) is 10.0. The van der Waals surface area contributed by atoms with Crippen LogP contribution in [0.2, 0.25) is 0 Å². The van der Waals surface area contributed by atoms with Crippen LogP contribution < -0.4 is 4.74 Å². The number of nitrogens with zero attached hydrogens (tertiary/aromatic N) is 1. The summed E-state index contributed by atoms with van der Waals surface area (Å²) in [5, 5.41) is 0. The van der Waals surface area contributed by atoms with Crippen molar-refractivity contribution in [3.8, 4) is 5.75 Å². The van der Waals surface area contributed by atoms with Gasteiger partial charge in [0.15, 0.2) is 0 Å². The van der Waals surface area contributed by atoms with E-state index >= 15 is 0 Å². The minimum Gasteiger partial charge on any atom is -0.489 e. The largest absolute Gasteiger partial charge is 0.489 e. The van der Waals surface area contributed by atoms with Gasteiger partial charge in [-0.15, -0.1) is 0 Å². The number of piperidine rings is 1. The fourth-order valence-corrected chi connectivity index (χ4v) is 2.60. The van der Waals surface area contributed by atoms with Gasteiger partial charge < -0.3 is 4.74 Å². The van der Waals surface area contributed by atoms with Gasteiger partial charge in [0.1, 0.15) is 12.4 Å². The Bertz CT molecular complexity index is 388. The SMILES string of the molecule is C=CCOc1ccccc1CN1CCCC(C)C1. The molecule has 1 saturated heterocycles. The molecule has 2 rings (SSSR count). The van der Waals surface area contributed by atoms with Gasteiger partial charge in [-0.2, -0.15) is 0 Å². The quantitative estimate of drug-likeness (QED) is 0.736. The highest BCUT2D eigenvalue weighted by molar-refractivity contribution is 5.33. The molecule has 1 atom stereocenters. The van der Waals surface area contributed by atoms with E-state index in [1.165, 1.54) is 31.5 Å². The number of benzene rings is 1. The van der Waals surface area contributed by atoms with E-state index in [9.17, 15) is 0 Å². The first-order valence-electron chi connectivity index (χ1n) is 6.83. The Labute approximate surface area is 110 Å². The van der Waals surface area contributed by atoms with Crippen LogP contribution in [0.25, 0.3) is 0 Å². The summed E-state index contributed by atoms with van der Waals surface area (Å²) in [5.41, 5.74) is 1.29. The summed E-state index contributed by atoms with van der Waals surface area (Å²) in [4.78, 5) is 2.53. The fourth-order valence-electron chi connectivity index (χ4n) is 2.60. The smallest absolute Gasteiger partial charge is 0.124 e. The molecule has 1 unspecified atom stereocenters. The van der Waals surface area contributed by atoms with Gasteiger partial charge in [-0.1, -0.05) is 37.8 Å². The molecular formula is C16H23NO. The molecule has 2 heteroatoms. The van der Waals surface area contributed by atoms with Crippen molar-refractivity contribution < 1.29 is 4.74 Å². The van der Waals surface area contributed by atoms with Gasteiger partial charge in [-0.25, -0.2) is 0 Å². The fraction of sp³-hybridized carbons (Fsp3) is 0.500. The van der Waals surface area contributed by atoms with Gasteiger partial charge >= 0.3 is 0 Å². The molecule has 1 aromatic rings. The highest BCUT2D eigenvalue weighted by atomic mass is 16.5. The number of rotatable bonds is 5. The van der Waals surface area contributed by atoms with Crippen LogP contribution in [0.5, 0.6) is 5.75 Å². The number of para-hydroxylation sites is 1. The van der Waals surface area contributed by atoms with E-state index in [1.807, 2.05) is 12.1 Å². The lowest BCUT2D eigenvalue weighted by molar-refractivity contribution is 0.174. The Hall–Kier alpha value is -1.28. The molecule has 18 heavy (non-hydrogen) atoms. The zero-order chi connectivity index (χ0) is 12.8. The molecule has 1 aliphatic heterocycles. The minimum absolute atomic E-state index is 0.577. The first-order chi connectivity index (χ1) is 8.79. The number of hydrogen-bond acceptors (Lipinski definition) is 2. The van der Waals surface area contributed by atoms with Crippen LogP contribution in [0.15, 0.2) is 36.9 Å². The highest BCUT2D eigenvalue weighted by Gasteiger charge is 2.17. The molecule has 0 aromatic heterocycles. The average molecular weight is 245 g/mol. The topological polar surface area (TPSA) is 12.5 Å². The van der Waals surface area contributed by atoms with Gasteiger partial charge in [0.25, 0.3) is 0 Å². The molecule has 0 amide bonds. The average Bonchev–Trinajstić information content (AvgIpc) is 2.38. The van der Waals surface area contributed by atoms with Crippen molar-refractivity contribution in [2.24, 2.45) is 5.92 Å². The van der Waals surface area contributed by atoms with Gasteiger partial charge in [0, 0.05) is 18.7 Å². The zero-order valence-electron chi connectivity index (χ0n) is 11.3. The number of hydrogen-bond donors (Lipinski definition) is 0. The first kappa shape index (κ1) is 13.2. The molecule has 0 saturated carbocycles. The predicted octanol–water partition coefficient (Wildman–Crippen LogP) is 3.48. The van der Waals surface area contributed by atoms with E-state index in [-0.39, 0.29) is 0 Å². The van der Waals surface area contributed by atoms with Crippen LogP contribution in [0.3, 0.4) is 0 Å². The first-order valence-corrected chi connectivity index (χ1v) is 6.83. The molecule has 2 nitrogen and oxygen atoms in total. The second-order valence-electron chi connectivity index (χ2n) is 5.19. The molecule has 1 fully saturated rings. The summed E-state index contributed by atoms with van der Waals surface area (Å²) < 4.78 is 5.71. The lowest BCUT2D eigenvalue weighted by Gasteiger charge is -2.31. The van der Waals surface area contributed by atoms with Crippen molar-refractivity contribution in [1.29, 1.82) is 0 Å². The standard InChI is InChI=1S/C16H23NO/c1-3-11-18-16-9-5-4-8-15(16)13-17-10-6-7-14(2)12-17/h3-5,8-9,14H,1,6-7,10-13H2,2H3. The summed E-state index contributed by atoms with van der Waals surface area (Å²) in [6.07, 6.45) is 4.47. The van der Waals surface area contributed by atoms with Crippen LogP contribution >= 0.6 is 0 Å². The van der Waals surface area contributed by atoms with Crippen molar-refractivity contribution in [3.05, 3.63) is 42.5 Å². The summed E-state index contributed by atoms with van der Waals surface area (Å²) >= 11 is 0. The summed E-state index contributed by atoms with van der Waals surface area (Å²) in [5.74, 6) is 1.82. The van der Waals surface area contributed by atoms with Crippen molar-refractivity contribution in [1.82, 2.24) is 4.90 Å². The molecule has 1 heterocycles. The second kappa shape index (κ2) is 6.60. The third-order valence-corrected chi connectivity index (χ3v) is 3.46. The Kier molecular flexibility index (Phi) is 4.82. The van der Waals surface area contributed by atoms with Crippen LogP contribution in [-0.2, 0) is 6.54 Å². The zero-order valence-corrected chi connectivity index (χ0v) is 11.3. The van der Waals surface area contributed by atoms with E-state index in [0.29, 0.717) is 6.61 Å². The molecule has 0 N–H and O–H groups in total. The summed E-state index contributed by atoms with van der Waals surface area (Å²) in [7, 11) is 0. The Morgan fingerprint density at radius 1 is 1.44 bits per heavy atom.